The molecule has 4 aromatic carbocycles. The van der Waals surface area contributed by atoms with Gasteiger partial charge in [-0.1, -0.05) is 22.4 Å². The van der Waals surface area contributed by atoms with Gasteiger partial charge in [-0.2, -0.15) is 0 Å². The summed E-state index contributed by atoms with van der Waals surface area (Å²) in [6.45, 7) is -0.0539. The SMILES string of the molecule is O=C1NCCc2cc(Br)c(O)c(c2)Oc2ccc(cc2Br)[C@@H](O)CNC(=O)/C(=N/O)Cc2cc(Br)c(O)c(c2)Oc2ccc(cc2Br)C/C1=N/O. The average Bonchev–Trinajstić information content (AvgIpc) is 3.10. The topological polar surface area (TPSA) is 203 Å². The van der Waals surface area contributed by atoms with Gasteiger partial charge in [0.05, 0.1) is 24.0 Å². The normalized spacial score (nSPS) is 17.6. The maximum Gasteiger partial charge on any atom is 0.269 e. The van der Waals surface area contributed by atoms with E-state index < -0.39 is 17.9 Å². The van der Waals surface area contributed by atoms with E-state index in [0.717, 1.165) is 0 Å². The van der Waals surface area contributed by atoms with Crippen molar-refractivity contribution in [1.82, 2.24) is 10.6 Å². The monoisotopic (exact) mass is 952 g/mol. The molecule has 4 aliphatic rings. The van der Waals surface area contributed by atoms with Crippen molar-refractivity contribution in [3.8, 4) is 34.5 Å². The molecule has 51 heavy (non-hydrogen) atoms. The number of ether oxygens (including phenoxy) is 2. The standard InChI is InChI=1S/C34H28Br4N4O9/c35-20-7-16-1-3-27(20)50-30-13-18(9-23(38)32(30)45)11-25(42-49)34(47)40-15-26(43)19-2-4-28(21(36)14-19)51-29-12-17(8-22(37)31(29)44)5-6-39-33(46)24(10-16)41-48/h1-4,7-9,12-14,26,43-45,48-49H,5-6,10-11,15H2,(H,39,46)(H,40,47)/b41-24-,42-25+/t26-/m0/s1. The Morgan fingerprint density at radius 2 is 1.14 bits per heavy atom. The van der Waals surface area contributed by atoms with Crippen molar-refractivity contribution < 1.29 is 44.8 Å². The summed E-state index contributed by atoms with van der Waals surface area (Å²) in [5, 5.41) is 63.2. The van der Waals surface area contributed by atoms with E-state index in [0.29, 0.717) is 53.6 Å². The van der Waals surface area contributed by atoms with Crippen LogP contribution in [0.3, 0.4) is 0 Å². The van der Waals surface area contributed by atoms with Crippen LogP contribution >= 0.6 is 63.7 Å². The van der Waals surface area contributed by atoms with Crippen LogP contribution in [0.4, 0.5) is 0 Å². The highest BCUT2D eigenvalue weighted by Gasteiger charge is 2.21. The van der Waals surface area contributed by atoms with Crippen LogP contribution in [0.2, 0.25) is 0 Å². The van der Waals surface area contributed by atoms with Crippen molar-refractivity contribution in [2.24, 2.45) is 10.3 Å². The number of hydrogen-bond donors (Lipinski definition) is 7. The molecule has 13 nitrogen and oxygen atoms in total. The van der Waals surface area contributed by atoms with E-state index in [1.807, 2.05) is 0 Å². The van der Waals surface area contributed by atoms with Crippen LogP contribution in [0.25, 0.3) is 0 Å². The first kappa shape index (κ1) is 38.1. The summed E-state index contributed by atoms with van der Waals surface area (Å²) >= 11 is 13.5. The van der Waals surface area contributed by atoms with Crippen LogP contribution < -0.4 is 20.1 Å². The molecule has 4 heterocycles. The maximum absolute atomic E-state index is 13.0. The van der Waals surface area contributed by atoms with E-state index >= 15 is 0 Å². The fraction of sp³-hybridized carbons (Fsp3) is 0.176. The number of nitrogens with one attached hydrogen (secondary N) is 2. The first-order valence-electron chi connectivity index (χ1n) is 15.0. The molecule has 4 aromatic rings. The third kappa shape index (κ3) is 9.39. The molecular weight excluding hydrogens is 928 g/mol. The van der Waals surface area contributed by atoms with Crippen molar-refractivity contribution in [1.29, 1.82) is 0 Å². The number of hydrogen-bond acceptors (Lipinski definition) is 11. The summed E-state index contributed by atoms with van der Waals surface area (Å²) in [5.74, 6) is -0.953. The number of halogens is 4. The van der Waals surface area contributed by atoms with E-state index in [1.54, 1.807) is 48.5 Å². The molecule has 1 atom stereocenters. The predicted octanol–water partition coefficient (Wildman–Crippen LogP) is 7.00. The molecule has 0 aliphatic carbocycles. The Hall–Kier alpha value is -4.16. The van der Waals surface area contributed by atoms with E-state index in [-0.39, 0.29) is 64.8 Å². The van der Waals surface area contributed by atoms with Gasteiger partial charge >= 0.3 is 0 Å². The second-order valence-corrected chi connectivity index (χ2v) is 14.6. The second kappa shape index (κ2) is 16.9. The van der Waals surface area contributed by atoms with Gasteiger partial charge in [-0.25, -0.2) is 0 Å². The van der Waals surface area contributed by atoms with Gasteiger partial charge in [-0.15, -0.1) is 0 Å². The molecule has 0 saturated carbocycles. The zero-order chi connectivity index (χ0) is 36.8. The van der Waals surface area contributed by atoms with Crippen LogP contribution in [0.15, 0.2) is 88.9 Å². The average molecular weight is 956 g/mol. The summed E-state index contributed by atoms with van der Waals surface area (Å²) in [4.78, 5) is 25.9. The Morgan fingerprint density at radius 3 is 1.73 bits per heavy atom. The number of benzene rings is 4. The Kier molecular flexibility index (Phi) is 12.6. The van der Waals surface area contributed by atoms with Gasteiger partial charge in [0.2, 0.25) is 0 Å². The van der Waals surface area contributed by atoms with Gasteiger partial charge in [0.1, 0.15) is 22.9 Å². The van der Waals surface area contributed by atoms with Gasteiger partial charge in [-0.05, 0) is 141 Å². The third-order valence-electron chi connectivity index (χ3n) is 7.62. The molecular formula is C34H28Br4N4O9. The van der Waals surface area contributed by atoms with Crippen LogP contribution in [0, 0.1) is 0 Å². The number of oxime groups is 2. The van der Waals surface area contributed by atoms with Crippen molar-refractivity contribution >= 4 is 87.0 Å². The van der Waals surface area contributed by atoms with Gasteiger partial charge in [-0.3, -0.25) is 9.59 Å². The lowest BCUT2D eigenvalue weighted by molar-refractivity contribution is -0.116. The van der Waals surface area contributed by atoms with Crippen LogP contribution in [-0.4, -0.2) is 62.1 Å². The molecule has 0 unspecified atom stereocenters. The van der Waals surface area contributed by atoms with E-state index in [9.17, 15) is 35.3 Å². The van der Waals surface area contributed by atoms with Crippen LogP contribution in [0.5, 0.6) is 34.5 Å². The number of phenolic OH excluding ortho intramolecular Hbond substituents is 2. The van der Waals surface area contributed by atoms with Gasteiger partial charge < -0.3 is 45.8 Å². The highest BCUT2D eigenvalue weighted by Crippen LogP contribution is 2.42. The van der Waals surface area contributed by atoms with E-state index in [4.69, 9.17) is 9.47 Å². The maximum atomic E-state index is 13.0. The summed E-state index contributed by atoms with van der Waals surface area (Å²) in [7, 11) is 0. The molecule has 2 amide bonds. The largest absolute Gasteiger partial charge is 0.503 e. The molecule has 17 heteroatoms. The number of amides is 2. The molecule has 266 valence electrons. The summed E-state index contributed by atoms with van der Waals surface area (Å²) in [5.41, 5.74) is 1.77. The number of carbonyl (C=O) groups excluding carboxylic acids is 2. The molecule has 0 aromatic heterocycles. The Bertz CT molecular complexity index is 2060. The molecule has 4 aliphatic heterocycles. The van der Waals surface area contributed by atoms with Crippen LogP contribution in [0.1, 0.15) is 28.4 Å². The Morgan fingerprint density at radius 1 is 0.627 bits per heavy atom. The second-order valence-electron chi connectivity index (χ2n) is 11.2. The smallest absolute Gasteiger partial charge is 0.269 e. The van der Waals surface area contributed by atoms with E-state index in [1.165, 1.54) is 12.1 Å². The molecule has 0 radical (unpaired) electrons. The van der Waals surface area contributed by atoms with Gasteiger partial charge in [0, 0.05) is 25.9 Å². The summed E-state index contributed by atoms with van der Waals surface area (Å²) in [6, 6.07) is 16.0. The Labute approximate surface area is 324 Å². The van der Waals surface area contributed by atoms with Crippen molar-refractivity contribution in [3.63, 3.8) is 0 Å². The Balaban J connectivity index is 1.47. The fourth-order valence-corrected chi connectivity index (χ4v) is 6.94. The van der Waals surface area contributed by atoms with E-state index in [2.05, 4.69) is 84.7 Å². The van der Waals surface area contributed by atoms with Crippen LogP contribution in [-0.2, 0) is 28.9 Å². The van der Waals surface area contributed by atoms with Gasteiger partial charge in [0.25, 0.3) is 11.8 Å². The number of nitrogens with zero attached hydrogens (tertiary/aromatic N) is 2. The first-order chi connectivity index (χ1) is 24.4. The minimum Gasteiger partial charge on any atom is -0.503 e. The van der Waals surface area contributed by atoms with Gasteiger partial charge in [0.15, 0.2) is 23.0 Å². The highest BCUT2D eigenvalue weighted by atomic mass is 79.9. The summed E-state index contributed by atoms with van der Waals surface area (Å²) in [6.07, 6.45) is -1.01. The highest BCUT2D eigenvalue weighted by molar-refractivity contribution is 9.11. The minimum absolute atomic E-state index is 0.0216. The predicted molar refractivity (Wildman–Crippen MR) is 201 cm³/mol. The zero-order valence-electron chi connectivity index (χ0n) is 26.2. The molecule has 0 saturated heterocycles. The lowest BCUT2D eigenvalue weighted by Gasteiger charge is -2.16. The number of aliphatic hydroxyl groups is 1. The molecule has 8 bridgehead atoms. The van der Waals surface area contributed by atoms with Crippen molar-refractivity contribution in [2.75, 3.05) is 13.1 Å². The zero-order valence-corrected chi connectivity index (χ0v) is 32.5. The number of aromatic hydroxyl groups is 2. The number of aliphatic hydroxyl groups excluding tert-OH is 1. The fourth-order valence-electron chi connectivity index (χ4n) is 4.98. The molecule has 7 N–H and O–H groups in total. The van der Waals surface area contributed by atoms with Crippen molar-refractivity contribution in [2.45, 2.75) is 25.4 Å². The minimum atomic E-state index is -1.16. The number of rotatable bonds is 0. The molecule has 8 rings (SSSR count). The quantitative estimate of drug-likeness (QED) is 0.0716. The first-order valence-corrected chi connectivity index (χ1v) is 18.2. The molecule has 0 fully saturated rings. The van der Waals surface area contributed by atoms with Crippen molar-refractivity contribution in [3.05, 3.63) is 101 Å². The number of carbonyl (C=O) groups is 2. The summed E-state index contributed by atoms with van der Waals surface area (Å²) < 4.78 is 13.5. The molecule has 0 spiro atoms. The lowest BCUT2D eigenvalue weighted by atomic mass is 10.1. The lowest BCUT2D eigenvalue weighted by Crippen LogP contribution is -2.35. The third-order valence-corrected chi connectivity index (χ3v) is 10.1. The number of phenols is 2.